The van der Waals surface area contributed by atoms with Crippen molar-refractivity contribution in [3.8, 4) is 6.07 Å². The van der Waals surface area contributed by atoms with Gasteiger partial charge in [0.2, 0.25) is 5.95 Å². The van der Waals surface area contributed by atoms with Gasteiger partial charge in [0, 0.05) is 18.1 Å². The predicted octanol–water partition coefficient (Wildman–Crippen LogP) is 2.94. The molecule has 160 valence electrons. The number of nitrogens with zero attached hydrogens (tertiary/aromatic N) is 3. The third-order valence-corrected chi connectivity index (χ3v) is 5.55. The molecule has 1 aromatic heterocycles. The average molecular weight is 412 g/mol. The van der Waals surface area contributed by atoms with E-state index in [-0.39, 0.29) is 24.2 Å². The molecule has 0 amide bonds. The molecule has 10 heteroatoms. The maximum atomic E-state index is 12.3. The molecule has 0 spiro atoms. The van der Waals surface area contributed by atoms with E-state index in [1.165, 1.54) is 6.20 Å². The summed E-state index contributed by atoms with van der Waals surface area (Å²) in [6.45, 7) is -0.959. The molecule has 0 radical (unpaired) electrons. The molecule has 2 atom stereocenters. The molecule has 0 aliphatic heterocycles. The largest absolute Gasteiger partial charge is 0.401 e. The smallest absolute Gasteiger partial charge is 0.393 e. The number of rotatable bonds is 6. The zero-order valence-corrected chi connectivity index (χ0v) is 16.2. The number of aliphatic hydroxyl groups excluding tert-OH is 1. The minimum absolute atomic E-state index is 0.0590. The highest BCUT2D eigenvalue weighted by atomic mass is 19.4. The highest BCUT2D eigenvalue weighted by Gasteiger charge is 2.30. The summed E-state index contributed by atoms with van der Waals surface area (Å²) in [4.78, 5) is 8.64. The maximum Gasteiger partial charge on any atom is 0.401 e. The van der Waals surface area contributed by atoms with E-state index >= 15 is 0 Å². The minimum Gasteiger partial charge on any atom is -0.393 e. The first-order valence-electron chi connectivity index (χ1n) is 10.1. The molecule has 1 heterocycles. The fraction of sp³-hybridized carbons (Fsp3) is 0.737. The van der Waals surface area contributed by atoms with Gasteiger partial charge in [-0.3, -0.25) is 0 Å². The van der Waals surface area contributed by atoms with Crippen molar-refractivity contribution in [2.45, 2.75) is 81.8 Å². The van der Waals surface area contributed by atoms with Crippen LogP contribution in [0.5, 0.6) is 0 Å². The monoisotopic (exact) mass is 412 g/mol. The van der Waals surface area contributed by atoms with Gasteiger partial charge in [0.15, 0.2) is 0 Å². The normalized spacial score (nSPS) is 27.8. The molecule has 2 aliphatic rings. The molecule has 1 aromatic rings. The number of nitriles is 1. The summed E-state index contributed by atoms with van der Waals surface area (Å²) < 4.78 is 37.0. The van der Waals surface area contributed by atoms with Crippen LogP contribution >= 0.6 is 0 Å². The van der Waals surface area contributed by atoms with Crippen LogP contribution in [0.2, 0.25) is 0 Å². The van der Waals surface area contributed by atoms with Gasteiger partial charge in [-0.1, -0.05) is 0 Å². The molecule has 4 N–H and O–H groups in total. The summed E-state index contributed by atoms with van der Waals surface area (Å²) in [7, 11) is 0. The Hall–Kier alpha value is -2.12. The number of hydrogen-bond acceptors (Lipinski definition) is 7. The minimum atomic E-state index is -4.19. The van der Waals surface area contributed by atoms with Gasteiger partial charge in [-0.2, -0.15) is 23.4 Å². The second kappa shape index (κ2) is 9.59. The number of halogens is 3. The molecule has 7 nitrogen and oxygen atoms in total. The summed E-state index contributed by atoms with van der Waals surface area (Å²) in [5.74, 6) is 0.846. The molecule has 0 saturated heterocycles. The lowest BCUT2D eigenvalue weighted by Gasteiger charge is -2.30. The molecule has 0 aromatic carbocycles. The molecular formula is C19H27F3N6O. The van der Waals surface area contributed by atoms with Gasteiger partial charge in [0.25, 0.3) is 0 Å². The van der Waals surface area contributed by atoms with Gasteiger partial charge < -0.3 is 21.1 Å². The zero-order chi connectivity index (χ0) is 20.9. The lowest BCUT2D eigenvalue weighted by molar-refractivity contribution is -0.126. The zero-order valence-electron chi connectivity index (χ0n) is 16.2. The Morgan fingerprint density at radius 2 is 1.79 bits per heavy atom. The van der Waals surface area contributed by atoms with Crippen LogP contribution in [-0.4, -0.2) is 52.0 Å². The molecule has 2 saturated carbocycles. The lowest BCUT2D eigenvalue weighted by Crippen LogP contribution is -2.41. The van der Waals surface area contributed by atoms with Crippen molar-refractivity contribution >= 4 is 11.8 Å². The van der Waals surface area contributed by atoms with E-state index in [1.54, 1.807) is 0 Å². The molecule has 29 heavy (non-hydrogen) atoms. The first-order valence-corrected chi connectivity index (χ1v) is 10.1. The Balaban J connectivity index is 1.54. The number of hydrogen-bond donors (Lipinski definition) is 4. The van der Waals surface area contributed by atoms with E-state index in [0.29, 0.717) is 36.6 Å². The van der Waals surface area contributed by atoms with Crippen LogP contribution in [0.1, 0.15) is 56.9 Å². The van der Waals surface area contributed by atoms with Crippen molar-refractivity contribution in [1.82, 2.24) is 15.3 Å². The summed E-state index contributed by atoms with van der Waals surface area (Å²) in [6.07, 6.45) is 2.90. The SMILES string of the molecule is N#Cc1cnc(NC2CCC(NCC(F)(F)F)CC2)nc1N[C@@H]1CCC[C@H](O)C1. The highest BCUT2D eigenvalue weighted by molar-refractivity contribution is 5.54. The van der Waals surface area contributed by atoms with Crippen molar-refractivity contribution in [1.29, 1.82) is 5.26 Å². The molecule has 0 unspecified atom stereocenters. The number of nitrogens with one attached hydrogen (secondary N) is 3. The van der Waals surface area contributed by atoms with Crippen LogP contribution in [0.25, 0.3) is 0 Å². The fourth-order valence-electron chi connectivity index (χ4n) is 4.02. The maximum absolute atomic E-state index is 12.3. The van der Waals surface area contributed by atoms with Gasteiger partial charge in [0.1, 0.15) is 17.5 Å². The quantitative estimate of drug-likeness (QED) is 0.569. The first kappa shape index (κ1) is 21.6. The highest BCUT2D eigenvalue weighted by Crippen LogP contribution is 2.25. The third-order valence-electron chi connectivity index (χ3n) is 5.55. The number of alkyl halides is 3. The van der Waals surface area contributed by atoms with Crippen LogP contribution in [-0.2, 0) is 0 Å². The second-order valence-corrected chi connectivity index (χ2v) is 7.92. The van der Waals surface area contributed by atoms with Gasteiger partial charge in [-0.15, -0.1) is 0 Å². The summed E-state index contributed by atoms with van der Waals surface area (Å²) >= 11 is 0. The van der Waals surface area contributed by atoms with E-state index in [2.05, 4.69) is 32.0 Å². The standard InChI is InChI=1S/C19H27F3N6O/c20-19(21,22)11-25-13-4-6-14(7-5-13)27-18-24-10-12(9-23)17(28-18)26-15-2-1-3-16(29)8-15/h10,13-16,25,29H,1-8,11H2,(H2,24,26,27,28)/t13?,14?,15-,16+/m1/s1. The van der Waals surface area contributed by atoms with Crippen LogP contribution < -0.4 is 16.0 Å². The van der Waals surface area contributed by atoms with E-state index in [9.17, 15) is 23.5 Å². The summed E-state index contributed by atoms with van der Waals surface area (Å²) in [5, 5.41) is 28.2. The number of aromatic nitrogens is 2. The predicted molar refractivity (Wildman–Crippen MR) is 102 cm³/mol. The van der Waals surface area contributed by atoms with Crippen LogP contribution in [0, 0.1) is 11.3 Å². The molecule has 0 bridgehead atoms. The topological polar surface area (TPSA) is 106 Å². The van der Waals surface area contributed by atoms with E-state index in [0.717, 1.165) is 32.1 Å². The van der Waals surface area contributed by atoms with E-state index < -0.39 is 12.7 Å². The Bertz CT molecular complexity index is 715. The van der Waals surface area contributed by atoms with Gasteiger partial charge in [-0.25, -0.2) is 4.98 Å². The Labute approximate surface area is 168 Å². The van der Waals surface area contributed by atoms with Crippen LogP contribution in [0.4, 0.5) is 24.9 Å². The molecule has 2 fully saturated rings. The van der Waals surface area contributed by atoms with Crippen molar-refractivity contribution in [3.05, 3.63) is 11.8 Å². The Morgan fingerprint density at radius 3 is 2.45 bits per heavy atom. The van der Waals surface area contributed by atoms with Crippen LogP contribution in [0.15, 0.2) is 6.20 Å². The second-order valence-electron chi connectivity index (χ2n) is 7.92. The van der Waals surface area contributed by atoms with Crippen molar-refractivity contribution in [2.75, 3.05) is 17.2 Å². The van der Waals surface area contributed by atoms with Crippen molar-refractivity contribution < 1.29 is 18.3 Å². The van der Waals surface area contributed by atoms with Gasteiger partial charge in [-0.05, 0) is 51.4 Å². The molecule has 3 rings (SSSR count). The fourth-order valence-corrected chi connectivity index (χ4v) is 4.02. The number of anilines is 2. The van der Waals surface area contributed by atoms with E-state index in [4.69, 9.17) is 0 Å². The average Bonchev–Trinajstić information content (AvgIpc) is 2.67. The third kappa shape index (κ3) is 6.72. The van der Waals surface area contributed by atoms with Gasteiger partial charge >= 0.3 is 6.18 Å². The Kier molecular flexibility index (Phi) is 7.14. The van der Waals surface area contributed by atoms with Gasteiger partial charge in [0.05, 0.1) is 18.8 Å². The van der Waals surface area contributed by atoms with Crippen molar-refractivity contribution in [3.63, 3.8) is 0 Å². The van der Waals surface area contributed by atoms with Crippen LogP contribution in [0.3, 0.4) is 0 Å². The molecular weight excluding hydrogens is 385 g/mol. The summed E-state index contributed by atoms with van der Waals surface area (Å²) in [6, 6.07) is 2.09. The molecule has 2 aliphatic carbocycles. The first-order chi connectivity index (χ1) is 13.8. The lowest BCUT2D eigenvalue weighted by atomic mass is 9.91. The number of aliphatic hydroxyl groups is 1. The van der Waals surface area contributed by atoms with Crippen molar-refractivity contribution in [2.24, 2.45) is 0 Å². The summed E-state index contributed by atoms with van der Waals surface area (Å²) in [5.41, 5.74) is 0.343. The van der Waals surface area contributed by atoms with E-state index in [1.807, 2.05) is 0 Å². The Morgan fingerprint density at radius 1 is 1.07 bits per heavy atom.